The van der Waals surface area contributed by atoms with Crippen LogP contribution in [0.3, 0.4) is 0 Å². The molecule has 0 heterocycles. The van der Waals surface area contributed by atoms with E-state index in [1.54, 1.807) is 12.1 Å². The van der Waals surface area contributed by atoms with Crippen LogP contribution < -0.4 is 4.74 Å². The van der Waals surface area contributed by atoms with Gasteiger partial charge in [-0.1, -0.05) is 23.2 Å². The summed E-state index contributed by atoms with van der Waals surface area (Å²) in [4.78, 5) is 0. The Labute approximate surface area is 116 Å². The number of halogens is 3. The van der Waals surface area contributed by atoms with Gasteiger partial charge in [-0.2, -0.15) is 0 Å². The summed E-state index contributed by atoms with van der Waals surface area (Å²) >= 11 is 17.7. The third kappa shape index (κ3) is 3.92. The Morgan fingerprint density at radius 2 is 2.00 bits per heavy atom. The molecule has 0 N–H and O–H groups in total. The molecule has 1 aliphatic rings. The van der Waals surface area contributed by atoms with Crippen molar-refractivity contribution in [3.8, 4) is 5.75 Å². The summed E-state index contributed by atoms with van der Waals surface area (Å²) in [5, 5.41) is 1.01. The topological polar surface area (TPSA) is 18.5 Å². The van der Waals surface area contributed by atoms with Crippen molar-refractivity contribution in [2.75, 3.05) is 13.4 Å². The minimum absolute atomic E-state index is 0.196. The Kier molecular flexibility index (Phi) is 4.80. The number of ether oxygens (including phenoxy) is 2. The van der Waals surface area contributed by atoms with Crippen LogP contribution in [0.2, 0.25) is 10.0 Å². The van der Waals surface area contributed by atoms with Gasteiger partial charge >= 0.3 is 0 Å². The fraction of sp³-hybridized carbons (Fsp3) is 0.500. The van der Waals surface area contributed by atoms with E-state index < -0.39 is 0 Å². The molecule has 0 atom stereocenters. The number of rotatable bonds is 6. The summed E-state index contributed by atoms with van der Waals surface area (Å²) in [5.74, 6) is 1.58. The Morgan fingerprint density at radius 3 is 2.65 bits per heavy atom. The summed E-state index contributed by atoms with van der Waals surface area (Å²) in [6.45, 7) is 0.948. The van der Waals surface area contributed by atoms with Crippen LogP contribution >= 0.6 is 34.8 Å². The van der Waals surface area contributed by atoms with E-state index in [1.807, 2.05) is 0 Å². The SMILES string of the molecule is ClCc1cc(Cl)cc(Cl)c1OCOCC1CC1. The number of hydrogen-bond acceptors (Lipinski definition) is 2. The molecule has 1 fully saturated rings. The number of hydrogen-bond donors (Lipinski definition) is 0. The first-order valence-electron chi connectivity index (χ1n) is 5.45. The summed E-state index contributed by atoms with van der Waals surface area (Å²) in [5.41, 5.74) is 0.777. The van der Waals surface area contributed by atoms with Crippen molar-refractivity contribution in [3.63, 3.8) is 0 Å². The molecule has 0 bridgehead atoms. The van der Waals surface area contributed by atoms with Gasteiger partial charge in [0.2, 0.25) is 0 Å². The van der Waals surface area contributed by atoms with Crippen molar-refractivity contribution in [1.82, 2.24) is 0 Å². The van der Waals surface area contributed by atoms with Crippen molar-refractivity contribution >= 4 is 34.8 Å². The molecular formula is C12H13Cl3O2. The number of alkyl halides is 1. The van der Waals surface area contributed by atoms with E-state index in [1.165, 1.54) is 12.8 Å². The zero-order valence-electron chi connectivity index (χ0n) is 9.22. The van der Waals surface area contributed by atoms with Crippen LogP contribution in [0.15, 0.2) is 12.1 Å². The average molecular weight is 296 g/mol. The normalized spacial score (nSPS) is 15.0. The van der Waals surface area contributed by atoms with Crippen LogP contribution in [0.1, 0.15) is 18.4 Å². The molecule has 1 aromatic rings. The Hall–Kier alpha value is -0.150. The lowest BCUT2D eigenvalue weighted by atomic mass is 10.2. The van der Waals surface area contributed by atoms with Gasteiger partial charge in [-0.25, -0.2) is 0 Å². The highest BCUT2D eigenvalue weighted by atomic mass is 35.5. The third-order valence-electron chi connectivity index (χ3n) is 2.57. The fourth-order valence-corrected chi connectivity index (χ4v) is 2.26. The molecule has 1 aliphatic carbocycles. The minimum Gasteiger partial charge on any atom is -0.466 e. The largest absolute Gasteiger partial charge is 0.466 e. The molecule has 1 saturated carbocycles. The zero-order valence-corrected chi connectivity index (χ0v) is 11.5. The maximum atomic E-state index is 6.04. The lowest BCUT2D eigenvalue weighted by Gasteiger charge is -2.12. The van der Waals surface area contributed by atoms with Crippen molar-refractivity contribution in [2.45, 2.75) is 18.7 Å². The van der Waals surface area contributed by atoms with Gasteiger partial charge in [0.1, 0.15) is 5.75 Å². The Bertz CT molecular complexity index is 392. The van der Waals surface area contributed by atoms with E-state index in [0.29, 0.717) is 27.6 Å². The fourth-order valence-electron chi connectivity index (χ4n) is 1.47. The summed E-state index contributed by atoms with van der Waals surface area (Å²) in [7, 11) is 0. The van der Waals surface area contributed by atoms with Crippen molar-refractivity contribution in [2.24, 2.45) is 5.92 Å². The van der Waals surface area contributed by atoms with Gasteiger partial charge in [0, 0.05) is 10.6 Å². The third-order valence-corrected chi connectivity index (χ3v) is 3.35. The van der Waals surface area contributed by atoms with Crippen LogP contribution in [0, 0.1) is 5.92 Å². The van der Waals surface area contributed by atoms with Gasteiger partial charge in [-0.05, 0) is 30.9 Å². The van der Waals surface area contributed by atoms with E-state index in [9.17, 15) is 0 Å². The van der Waals surface area contributed by atoms with Crippen LogP contribution in [0.5, 0.6) is 5.75 Å². The highest BCUT2D eigenvalue weighted by Gasteiger charge is 2.21. The molecule has 2 rings (SSSR count). The van der Waals surface area contributed by atoms with Crippen LogP contribution in [0.4, 0.5) is 0 Å². The highest BCUT2D eigenvalue weighted by Crippen LogP contribution is 2.33. The summed E-state index contributed by atoms with van der Waals surface area (Å²) < 4.78 is 10.9. The van der Waals surface area contributed by atoms with Crippen molar-refractivity contribution in [3.05, 3.63) is 27.7 Å². The standard InChI is InChI=1S/C12H13Cl3O2/c13-5-9-3-10(14)4-11(15)12(9)17-7-16-6-8-1-2-8/h3-4,8H,1-2,5-7H2. The van der Waals surface area contributed by atoms with E-state index >= 15 is 0 Å². The highest BCUT2D eigenvalue weighted by molar-refractivity contribution is 6.35. The molecule has 17 heavy (non-hydrogen) atoms. The van der Waals surface area contributed by atoms with Gasteiger partial charge in [0.25, 0.3) is 0 Å². The average Bonchev–Trinajstić information content (AvgIpc) is 3.09. The van der Waals surface area contributed by atoms with Crippen molar-refractivity contribution in [1.29, 1.82) is 0 Å². The minimum atomic E-state index is 0.196. The predicted octanol–water partition coefficient (Wildman–Crippen LogP) is 4.50. The van der Waals surface area contributed by atoms with Crippen molar-refractivity contribution < 1.29 is 9.47 Å². The van der Waals surface area contributed by atoms with E-state index in [4.69, 9.17) is 44.3 Å². The zero-order chi connectivity index (χ0) is 12.3. The van der Waals surface area contributed by atoms with Gasteiger partial charge < -0.3 is 9.47 Å². The molecule has 1 aromatic carbocycles. The van der Waals surface area contributed by atoms with Crippen LogP contribution in [0.25, 0.3) is 0 Å². The smallest absolute Gasteiger partial charge is 0.189 e. The van der Waals surface area contributed by atoms with E-state index in [2.05, 4.69) is 0 Å². The maximum absolute atomic E-state index is 6.04. The molecule has 2 nitrogen and oxygen atoms in total. The molecule has 0 aromatic heterocycles. The first-order valence-corrected chi connectivity index (χ1v) is 6.74. The second-order valence-corrected chi connectivity index (χ2v) is 5.20. The summed E-state index contributed by atoms with van der Waals surface area (Å²) in [6.07, 6.45) is 2.52. The van der Waals surface area contributed by atoms with Gasteiger partial charge in [0.05, 0.1) is 17.5 Å². The summed E-state index contributed by atoms with van der Waals surface area (Å²) in [6, 6.07) is 3.38. The maximum Gasteiger partial charge on any atom is 0.189 e. The number of benzene rings is 1. The van der Waals surface area contributed by atoms with Crippen LogP contribution in [-0.4, -0.2) is 13.4 Å². The lowest BCUT2D eigenvalue weighted by Crippen LogP contribution is -2.06. The van der Waals surface area contributed by atoms with Gasteiger partial charge in [-0.3, -0.25) is 0 Å². The molecule has 0 radical (unpaired) electrons. The van der Waals surface area contributed by atoms with Crippen LogP contribution in [-0.2, 0) is 10.6 Å². The molecule has 0 saturated heterocycles. The second kappa shape index (κ2) is 6.14. The molecule has 0 spiro atoms. The quantitative estimate of drug-likeness (QED) is 0.437. The van der Waals surface area contributed by atoms with E-state index in [0.717, 1.165) is 12.2 Å². The molecule has 94 valence electrons. The molecule has 5 heteroatoms. The first kappa shape index (κ1) is 13.3. The molecule has 0 amide bonds. The first-order chi connectivity index (χ1) is 8.20. The second-order valence-electron chi connectivity index (χ2n) is 4.09. The molecule has 0 unspecified atom stereocenters. The monoisotopic (exact) mass is 294 g/mol. The molecule has 0 aliphatic heterocycles. The predicted molar refractivity (Wildman–Crippen MR) is 70.2 cm³/mol. The van der Waals surface area contributed by atoms with Gasteiger partial charge in [0.15, 0.2) is 6.79 Å². The Balaban J connectivity index is 1.92. The lowest BCUT2D eigenvalue weighted by molar-refractivity contribution is 0.00963. The Morgan fingerprint density at radius 1 is 1.24 bits per heavy atom. The molecular weight excluding hydrogens is 282 g/mol. The van der Waals surface area contributed by atoms with Gasteiger partial charge in [-0.15, -0.1) is 11.6 Å². The van der Waals surface area contributed by atoms with E-state index in [-0.39, 0.29) is 6.79 Å².